The summed E-state index contributed by atoms with van der Waals surface area (Å²) in [6.07, 6.45) is 2.39. The van der Waals surface area contributed by atoms with E-state index in [2.05, 4.69) is 53.6 Å². The second-order valence-corrected chi connectivity index (χ2v) is 10.4. The van der Waals surface area contributed by atoms with Crippen molar-refractivity contribution in [1.29, 1.82) is 0 Å². The number of anilines is 1. The van der Waals surface area contributed by atoms with Crippen molar-refractivity contribution >= 4 is 27.5 Å². The predicted molar refractivity (Wildman–Crippen MR) is 131 cm³/mol. The Morgan fingerprint density at radius 1 is 1.06 bits per heavy atom. The number of nitrogens with one attached hydrogen (secondary N) is 1. The number of hydrogen-bond acceptors (Lipinski definition) is 5. The van der Waals surface area contributed by atoms with Gasteiger partial charge in [0.05, 0.1) is 4.90 Å². The molecular weight excluding hydrogens is 436 g/mol. The zero-order chi connectivity index (χ0) is 23.6. The van der Waals surface area contributed by atoms with Crippen LogP contribution in [0.4, 0.5) is 5.69 Å². The third-order valence-electron chi connectivity index (χ3n) is 6.57. The smallest absolute Gasteiger partial charge is 0.263 e. The molecular formula is C25H32N4O3S. The molecule has 8 heteroatoms. The summed E-state index contributed by atoms with van der Waals surface area (Å²) in [7, 11) is -3.63. The van der Waals surface area contributed by atoms with Crippen molar-refractivity contribution in [3.05, 3.63) is 59.2 Å². The van der Waals surface area contributed by atoms with Crippen LogP contribution in [0, 0.1) is 13.8 Å². The van der Waals surface area contributed by atoms with Crippen molar-refractivity contribution in [3.63, 3.8) is 0 Å². The number of carbonyl (C=O) groups is 1. The molecule has 0 spiro atoms. The van der Waals surface area contributed by atoms with Crippen LogP contribution in [-0.2, 0) is 14.8 Å². The topological polar surface area (TPSA) is 82.1 Å². The van der Waals surface area contributed by atoms with E-state index in [0.29, 0.717) is 25.1 Å². The molecule has 1 fully saturated rings. The van der Waals surface area contributed by atoms with E-state index in [4.69, 9.17) is 0 Å². The molecule has 2 heterocycles. The van der Waals surface area contributed by atoms with E-state index in [1.54, 1.807) is 24.3 Å². The molecule has 1 atom stereocenters. The maximum absolute atomic E-state index is 13.5. The van der Waals surface area contributed by atoms with Gasteiger partial charge in [-0.3, -0.25) is 14.5 Å². The summed E-state index contributed by atoms with van der Waals surface area (Å²) in [6.45, 7) is 9.12. The molecule has 0 aliphatic carbocycles. The van der Waals surface area contributed by atoms with Gasteiger partial charge in [0.15, 0.2) is 0 Å². The second kappa shape index (κ2) is 9.55. The SMILES string of the molecule is CCCCC(N=C1NS(=O)(=O)c2ccccc21)C(=O)N1CCN(c2cccc(C)c2C)CC1. The molecule has 1 amide bonds. The van der Waals surface area contributed by atoms with Gasteiger partial charge in [0.25, 0.3) is 10.0 Å². The number of aliphatic imine (C=N–C) groups is 1. The monoisotopic (exact) mass is 468 g/mol. The average molecular weight is 469 g/mol. The minimum Gasteiger partial charge on any atom is -0.368 e. The van der Waals surface area contributed by atoms with E-state index in [9.17, 15) is 13.2 Å². The van der Waals surface area contributed by atoms with Gasteiger partial charge < -0.3 is 9.80 Å². The quantitative estimate of drug-likeness (QED) is 0.706. The van der Waals surface area contributed by atoms with E-state index in [-0.39, 0.29) is 16.6 Å². The number of sulfonamides is 1. The Balaban J connectivity index is 1.51. The summed E-state index contributed by atoms with van der Waals surface area (Å²) in [5, 5.41) is 0. The van der Waals surface area contributed by atoms with Gasteiger partial charge in [-0.25, -0.2) is 8.42 Å². The number of aryl methyl sites for hydroxylation is 1. The van der Waals surface area contributed by atoms with E-state index in [1.165, 1.54) is 16.8 Å². The van der Waals surface area contributed by atoms with Crippen LogP contribution >= 0.6 is 0 Å². The van der Waals surface area contributed by atoms with E-state index >= 15 is 0 Å². The molecule has 1 unspecified atom stereocenters. The Labute approximate surface area is 196 Å². The predicted octanol–water partition coefficient (Wildman–Crippen LogP) is 3.25. The first kappa shape index (κ1) is 23.3. The average Bonchev–Trinajstić information content (AvgIpc) is 3.08. The van der Waals surface area contributed by atoms with E-state index in [1.807, 2.05) is 4.90 Å². The lowest BCUT2D eigenvalue weighted by Crippen LogP contribution is -2.51. The molecule has 7 nitrogen and oxygen atoms in total. The Morgan fingerprint density at radius 2 is 1.79 bits per heavy atom. The van der Waals surface area contributed by atoms with Crippen LogP contribution < -0.4 is 9.62 Å². The Morgan fingerprint density at radius 3 is 2.52 bits per heavy atom. The summed E-state index contributed by atoms with van der Waals surface area (Å²) < 4.78 is 27.5. The number of amides is 1. The van der Waals surface area contributed by atoms with Gasteiger partial charge in [0, 0.05) is 37.4 Å². The molecule has 0 radical (unpaired) electrons. The van der Waals surface area contributed by atoms with Gasteiger partial charge >= 0.3 is 0 Å². The van der Waals surface area contributed by atoms with Crippen LogP contribution in [0.3, 0.4) is 0 Å². The highest BCUT2D eigenvalue weighted by molar-refractivity contribution is 7.90. The molecule has 1 saturated heterocycles. The fourth-order valence-electron chi connectivity index (χ4n) is 4.48. The number of amidine groups is 1. The molecule has 0 bridgehead atoms. The first-order chi connectivity index (χ1) is 15.8. The minimum absolute atomic E-state index is 0.0276. The van der Waals surface area contributed by atoms with Crippen LogP contribution in [0.15, 0.2) is 52.4 Å². The van der Waals surface area contributed by atoms with Crippen LogP contribution in [0.25, 0.3) is 0 Å². The first-order valence-corrected chi connectivity index (χ1v) is 13.1. The van der Waals surface area contributed by atoms with Crippen LogP contribution in [0.1, 0.15) is 42.9 Å². The molecule has 1 N–H and O–H groups in total. The molecule has 4 rings (SSSR count). The summed E-state index contributed by atoms with van der Waals surface area (Å²) >= 11 is 0. The van der Waals surface area contributed by atoms with Crippen LogP contribution in [-0.4, -0.2) is 57.3 Å². The number of benzene rings is 2. The molecule has 2 aliphatic rings. The molecule has 0 aromatic heterocycles. The second-order valence-electron chi connectivity index (χ2n) is 8.77. The highest BCUT2D eigenvalue weighted by Gasteiger charge is 2.33. The number of fused-ring (bicyclic) bond motifs is 1. The fraction of sp³-hybridized carbons (Fsp3) is 0.440. The Hall–Kier alpha value is -2.87. The number of hydrogen-bond donors (Lipinski definition) is 1. The van der Waals surface area contributed by atoms with Crippen LogP contribution in [0.5, 0.6) is 0 Å². The van der Waals surface area contributed by atoms with Crippen molar-refractivity contribution in [1.82, 2.24) is 9.62 Å². The number of carbonyl (C=O) groups excluding carboxylic acids is 1. The zero-order valence-corrected chi connectivity index (χ0v) is 20.4. The number of unbranched alkanes of at least 4 members (excludes halogenated alkanes) is 1. The summed E-state index contributed by atoms with van der Waals surface area (Å²) in [5.74, 6) is 0.245. The van der Waals surface area contributed by atoms with Gasteiger partial charge in [0.2, 0.25) is 5.91 Å². The summed E-state index contributed by atoms with van der Waals surface area (Å²) in [6, 6.07) is 12.5. The number of rotatable bonds is 6. The van der Waals surface area contributed by atoms with Crippen molar-refractivity contribution in [3.8, 4) is 0 Å². The van der Waals surface area contributed by atoms with Crippen molar-refractivity contribution in [2.75, 3.05) is 31.1 Å². The highest BCUT2D eigenvalue weighted by atomic mass is 32.2. The minimum atomic E-state index is -3.63. The van der Waals surface area contributed by atoms with Gasteiger partial charge in [-0.1, -0.05) is 44.0 Å². The Bertz CT molecular complexity index is 1170. The fourth-order valence-corrected chi connectivity index (χ4v) is 5.72. The van der Waals surface area contributed by atoms with Crippen molar-refractivity contribution in [2.45, 2.75) is 51.0 Å². The molecule has 33 heavy (non-hydrogen) atoms. The normalized spacial score (nSPS) is 19.3. The molecule has 0 saturated carbocycles. The highest BCUT2D eigenvalue weighted by Crippen LogP contribution is 2.26. The van der Waals surface area contributed by atoms with Gasteiger partial charge in [-0.05, 0) is 49.6 Å². The third kappa shape index (κ3) is 4.76. The molecule has 2 aromatic carbocycles. The van der Waals surface area contributed by atoms with Gasteiger partial charge in [-0.2, -0.15) is 0 Å². The number of nitrogens with zero attached hydrogens (tertiary/aromatic N) is 3. The summed E-state index contributed by atoms with van der Waals surface area (Å²) in [5.41, 5.74) is 4.30. The largest absolute Gasteiger partial charge is 0.368 e. The van der Waals surface area contributed by atoms with E-state index < -0.39 is 16.1 Å². The van der Waals surface area contributed by atoms with Crippen molar-refractivity contribution in [2.24, 2.45) is 4.99 Å². The van der Waals surface area contributed by atoms with E-state index in [0.717, 1.165) is 25.9 Å². The zero-order valence-electron chi connectivity index (χ0n) is 19.5. The van der Waals surface area contributed by atoms with Gasteiger partial charge in [0.1, 0.15) is 11.9 Å². The lowest BCUT2D eigenvalue weighted by atomic mass is 10.1. The number of piperazine rings is 1. The van der Waals surface area contributed by atoms with Crippen LogP contribution in [0.2, 0.25) is 0 Å². The standard InChI is InChI=1S/C25H32N4O3S/c1-4-5-11-21(26-24-20-10-6-7-13-23(20)33(31,32)27-24)25(30)29-16-14-28(15-17-29)22-12-8-9-18(2)19(22)3/h6-10,12-13,21H,4-5,11,14-17H2,1-3H3,(H,26,27). The lowest BCUT2D eigenvalue weighted by Gasteiger charge is -2.38. The maximum Gasteiger partial charge on any atom is 0.263 e. The maximum atomic E-state index is 13.5. The third-order valence-corrected chi connectivity index (χ3v) is 7.97. The van der Waals surface area contributed by atoms with Gasteiger partial charge in [-0.15, -0.1) is 0 Å². The molecule has 176 valence electrons. The first-order valence-electron chi connectivity index (χ1n) is 11.6. The molecule has 2 aromatic rings. The summed E-state index contributed by atoms with van der Waals surface area (Å²) in [4.78, 5) is 22.5. The Kier molecular flexibility index (Phi) is 6.74. The molecule has 2 aliphatic heterocycles. The van der Waals surface area contributed by atoms with Crippen molar-refractivity contribution < 1.29 is 13.2 Å². The lowest BCUT2D eigenvalue weighted by molar-refractivity contribution is -0.133.